The Hall–Kier alpha value is -3.18. The highest BCUT2D eigenvalue weighted by molar-refractivity contribution is 6.30. The smallest absolute Gasteiger partial charge is 0.242 e. The number of benzene rings is 3. The summed E-state index contributed by atoms with van der Waals surface area (Å²) in [7, 11) is 0. The maximum atomic E-state index is 13.3. The van der Waals surface area contributed by atoms with Crippen LogP contribution in [0.25, 0.3) is 0 Å². The lowest BCUT2D eigenvalue weighted by Gasteiger charge is -2.29. The van der Waals surface area contributed by atoms with Gasteiger partial charge in [0.25, 0.3) is 0 Å². The van der Waals surface area contributed by atoms with E-state index in [2.05, 4.69) is 5.32 Å². The first-order valence-corrected chi connectivity index (χ1v) is 10.8. The molecule has 4 nitrogen and oxygen atoms in total. The fourth-order valence-corrected chi connectivity index (χ4v) is 3.42. The second-order valence-corrected chi connectivity index (χ2v) is 8.27. The monoisotopic (exact) mass is 452 g/mol. The third kappa shape index (κ3) is 6.66. The van der Waals surface area contributed by atoms with Gasteiger partial charge in [0.2, 0.25) is 11.8 Å². The summed E-state index contributed by atoms with van der Waals surface area (Å²) < 4.78 is 13.3. The first kappa shape index (κ1) is 23.5. The molecule has 0 aliphatic heterocycles. The van der Waals surface area contributed by atoms with Crippen LogP contribution in [-0.2, 0) is 29.1 Å². The van der Waals surface area contributed by atoms with Crippen LogP contribution in [0.4, 0.5) is 4.39 Å². The second-order valence-electron chi connectivity index (χ2n) is 7.83. The zero-order valence-electron chi connectivity index (χ0n) is 18.1. The van der Waals surface area contributed by atoms with E-state index in [9.17, 15) is 14.0 Å². The molecule has 0 heterocycles. The minimum atomic E-state index is -0.703. The van der Waals surface area contributed by atoms with Crippen molar-refractivity contribution in [2.45, 2.75) is 39.4 Å². The number of carbonyl (C=O) groups excluding carboxylic acids is 2. The summed E-state index contributed by atoms with van der Waals surface area (Å²) in [6, 6.07) is 20.2. The van der Waals surface area contributed by atoms with Crippen LogP contribution in [-0.4, -0.2) is 22.8 Å². The van der Waals surface area contributed by atoms with Crippen LogP contribution in [0, 0.1) is 12.7 Å². The zero-order chi connectivity index (χ0) is 23.1. The summed E-state index contributed by atoms with van der Waals surface area (Å²) in [6.45, 7) is 4.28. The van der Waals surface area contributed by atoms with Crippen LogP contribution in [0.1, 0.15) is 29.2 Å². The lowest BCUT2D eigenvalue weighted by molar-refractivity contribution is -0.140. The van der Waals surface area contributed by atoms with Gasteiger partial charge in [0, 0.05) is 18.1 Å². The Balaban J connectivity index is 1.73. The van der Waals surface area contributed by atoms with Crippen molar-refractivity contribution in [3.63, 3.8) is 0 Å². The van der Waals surface area contributed by atoms with Crippen LogP contribution in [0.5, 0.6) is 0 Å². The Bertz CT molecular complexity index is 1050. The van der Waals surface area contributed by atoms with Gasteiger partial charge >= 0.3 is 0 Å². The van der Waals surface area contributed by atoms with Gasteiger partial charge in [0.15, 0.2) is 0 Å². The van der Waals surface area contributed by atoms with Gasteiger partial charge in [-0.05, 0) is 54.8 Å². The summed E-state index contributed by atoms with van der Waals surface area (Å²) in [5.74, 6) is -0.802. The zero-order valence-corrected chi connectivity index (χ0v) is 18.9. The van der Waals surface area contributed by atoms with Gasteiger partial charge in [-0.25, -0.2) is 4.39 Å². The van der Waals surface area contributed by atoms with E-state index in [1.54, 1.807) is 43.3 Å². The summed E-state index contributed by atoms with van der Waals surface area (Å²) in [5, 5.41) is 3.50. The maximum Gasteiger partial charge on any atom is 0.242 e. The average molecular weight is 453 g/mol. The Morgan fingerprint density at radius 1 is 0.906 bits per heavy atom. The van der Waals surface area contributed by atoms with E-state index in [-0.39, 0.29) is 30.6 Å². The minimum Gasteiger partial charge on any atom is -0.350 e. The molecule has 0 aromatic heterocycles. The quantitative estimate of drug-likeness (QED) is 0.519. The molecule has 32 heavy (non-hydrogen) atoms. The number of nitrogens with zero attached hydrogens (tertiary/aromatic N) is 1. The number of carbonyl (C=O) groups is 2. The van der Waals surface area contributed by atoms with E-state index in [1.165, 1.54) is 17.0 Å². The van der Waals surface area contributed by atoms with Crippen molar-refractivity contribution in [2.24, 2.45) is 0 Å². The second kappa shape index (κ2) is 10.9. The molecule has 0 bridgehead atoms. The number of nitrogens with one attached hydrogen (secondary N) is 1. The lowest BCUT2D eigenvalue weighted by Crippen LogP contribution is -2.48. The molecule has 0 saturated carbocycles. The Morgan fingerprint density at radius 2 is 1.47 bits per heavy atom. The van der Waals surface area contributed by atoms with E-state index in [0.717, 1.165) is 22.3 Å². The standard InChI is InChI=1S/C26H26ClFN2O2/c1-18-3-5-21(6-4-18)16-29-26(32)19(2)30(17-22-9-13-24(28)14-10-22)25(31)15-20-7-11-23(27)12-8-20/h3-14,19H,15-17H2,1-2H3,(H,29,32). The summed E-state index contributed by atoms with van der Waals surface area (Å²) in [5.41, 5.74) is 3.67. The van der Waals surface area contributed by atoms with Crippen molar-refractivity contribution in [1.29, 1.82) is 0 Å². The van der Waals surface area contributed by atoms with Crippen LogP contribution < -0.4 is 5.32 Å². The molecular formula is C26H26ClFN2O2. The molecule has 2 amide bonds. The highest BCUT2D eigenvalue weighted by Crippen LogP contribution is 2.15. The van der Waals surface area contributed by atoms with Gasteiger partial charge in [-0.15, -0.1) is 0 Å². The van der Waals surface area contributed by atoms with Gasteiger partial charge in [0.1, 0.15) is 11.9 Å². The van der Waals surface area contributed by atoms with Crippen molar-refractivity contribution >= 4 is 23.4 Å². The first-order valence-electron chi connectivity index (χ1n) is 10.4. The number of hydrogen-bond acceptors (Lipinski definition) is 2. The number of hydrogen-bond donors (Lipinski definition) is 1. The van der Waals surface area contributed by atoms with E-state index < -0.39 is 6.04 Å². The van der Waals surface area contributed by atoms with E-state index >= 15 is 0 Å². The fraction of sp³-hybridized carbons (Fsp3) is 0.231. The molecule has 0 spiro atoms. The van der Waals surface area contributed by atoms with Crippen molar-refractivity contribution < 1.29 is 14.0 Å². The SMILES string of the molecule is Cc1ccc(CNC(=O)C(C)N(Cc2ccc(F)cc2)C(=O)Cc2ccc(Cl)cc2)cc1. The van der Waals surface area contributed by atoms with E-state index in [1.807, 2.05) is 31.2 Å². The summed E-state index contributed by atoms with van der Waals surface area (Å²) >= 11 is 5.94. The Morgan fingerprint density at radius 3 is 2.09 bits per heavy atom. The molecule has 3 rings (SSSR count). The van der Waals surface area contributed by atoms with Gasteiger partial charge in [0.05, 0.1) is 6.42 Å². The number of aryl methyl sites for hydroxylation is 1. The molecule has 1 atom stereocenters. The topological polar surface area (TPSA) is 49.4 Å². The van der Waals surface area contributed by atoms with Crippen LogP contribution in [0.3, 0.4) is 0 Å². The number of rotatable bonds is 8. The van der Waals surface area contributed by atoms with Crippen LogP contribution in [0.2, 0.25) is 5.02 Å². The predicted octanol–water partition coefficient (Wildman–Crippen LogP) is 5.06. The molecule has 6 heteroatoms. The van der Waals surface area contributed by atoms with Crippen molar-refractivity contribution in [1.82, 2.24) is 10.2 Å². The minimum absolute atomic E-state index is 0.133. The highest BCUT2D eigenvalue weighted by atomic mass is 35.5. The molecule has 1 unspecified atom stereocenters. The van der Waals surface area contributed by atoms with E-state index in [0.29, 0.717) is 11.6 Å². The van der Waals surface area contributed by atoms with E-state index in [4.69, 9.17) is 11.6 Å². The molecule has 0 aliphatic carbocycles. The van der Waals surface area contributed by atoms with Crippen molar-refractivity contribution in [3.8, 4) is 0 Å². The molecule has 166 valence electrons. The molecule has 0 fully saturated rings. The average Bonchev–Trinajstić information content (AvgIpc) is 2.79. The van der Waals surface area contributed by atoms with Crippen LogP contribution in [0.15, 0.2) is 72.8 Å². The normalized spacial score (nSPS) is 11.6. The van der Waals surface area contributed by atoms with Crippen LogP contribution >= 0.6 is 11.6 Å². The van der Waals surface area contributed by atoms with Crippen molar-refractivity contribution in [2.75, 3.05) is 0 Å². The molecule has 0 radical (unpaired) electrons. The lowest BCUT2D eigenvalue weighted by atomic mass is 10.1. The number of amides is 2. The third-order valence-electron chi connectivity index (χ3n) is 5.29. The first-order chi connectivity index (χ1) is 15.3. The Labute approximate surface area is 193 Å². The predicted molar refractivity (Wildman–Crippen MR) is 125 cm³/mol. The summed E-state index contributed by atoms with van der Waals surface area (Å²) in [6.07, 6.45) is 0.133. The van der Waals surface area contributed by atoms with Gasteiger partial charge in [-0.3, -0.25) is 9.59 Å². The molecular weight excluding hydrogens is 427 g/mol. The summed E-state index contributed by atoms with van der Waals surface area (Å²) in [4.78, 5) is 27.6. The molecule has 0 saturated heterocycles. The highest BCUT2D eigenvalue weighted by Gasteiger charge is 2.26. The molecule has 3 aromatic rings. The molecule has 1 N–H and O–H groups in total. The third-order valence-corrected chi connectivity index (χ3v) is 5.54. The van der Waals surface area contributed by atoms with Gasteiger partial charge in [-0.2, -0.15) is 0 Å². The molecule has 3 aromatic carbocycles. The largest absolute Gasteiger partial charge is 0.350 e. The van der Waals surface area contributed by atoms with Gasteiger partial charge in [-0.1, -0.05) is 65.7 Å². The Kier molecular flexibility index (Phi) is 8.01. The fourth-order valence-electron chi connectivity index (χ4n) is 3.29. The molecule has 0 aliphatic rings. The number of halogens is 2. The van der Waals surface area contributed by atoms with Crippen molar-refractivity contribution in [3.05, 3.63) is 106 Å². The van der Waals surface area contributed by atoms with Gasteiger partial charge < -0.3 is 10.2 Å². The maximum absolute atomic E-state index is 13.3.